The summed E-state index contributed by atoms with van der Waals surface area (Å²) in [6.45, 7) is 2.88. The Morgan fingerprint density at radius 3 is 2.88 bits per heavy atom. The molecule has 2 aliphatic rings. The number of amides is 1. The van der Waals surface area contributed by atoms with Gasteiger partial charge < -0.3 is 15.0 Å². The quantitative estimate of drug-likeness (QED) is 0.727. The Morgan fingerprint density at radius 2 is 2.31 bits per heavy atom. The van der Waals surface area contributed by atoms with Gasteiger partial charge in [0, 0.05) is 26.2 Å². The molecule has 5 heteroatoms. The first-order valence-corrected chi connectivity index (χ1v) is 5.80. The topological polar surface area (TPSA) is 41.6 Å². The molecule has 0 aromatic rings. The van der Waals surface area contributed by atoms with Gasteiger partial charge in [0.1, 0.15) is 0 Å². The van der Waals surface area contributed by atoms with Gasteiger partial charge in [0.15, 0.2) is 0 Å². The van der Waals surface area contributed by atoms with Crippen molar-refractivity contribution in [2.24, 2.45) is 5.92 Å². The van der Waals surface area contributed by atoms with Crippen molar-refractivity contribution in [3.05, 3.63) is 0 Å². The maximum absolute atomic E-state index is 11.8. The number of piperidine rings is 1. The first-order chi connectivity index (χ1) is 7.31. The number of hydrogen-bond donors (Lipinski definition) is 1. The van der Waals surface area contributed by atoms with Crippen LogP contribution in [-0.4, -0.2) is 50.2 Å². The second-order valence-electron chi connectivity index (χ2n) is 4.55. The van der Waals surface area contributed by atoms with E-state index in [-0.39, 0.29) is 18.3 Å². The summed E-state index contributed by atoms with van der Waals surface area (Å²) in [5.41, 5.74) is 0. The molecule has 1 aliphatic heterocycles. The summed E-state index contributed by atoms with van der Waals surface area (Å²) in [5.74, 6) is 1.05. The van der Waals surface area contributed by atoms with E-state index in [1.54, 1.807) is 7.11 Å². The van der Waals surface area contributed by atoms with Gasteiger partial charge in [0.2, 0.25) is 5.91 Å². The van der Waals surface area contributed by atoms with Crippen molar-refractivity contribution in [1.82, 2.24) is 10.2 Å². The highest BCUT2D eigenvalue weighted by atomic mass is 35.5. The molecule has 0 aromatic carbocycles. The van der Waals surface area contributed by atoms with E-state index >= 15 is 0 Å². The van der Waals surface area contributed by atoms with Crippen LogP contribution in [0, 0.1) is 5.92 Å². The molecular weight excluding hydrogens is 228 g/mol. The Kier molecular flexibility index (Phi) is 5.52. The van der Waals surface area contributed by atoms with E-state index in [1.165, 1.54) is 19.3 Å². The highest BCUT2D eigenvalue weighted by molar-refractivity contribution is 5.85. The van der Waals surface area contributed by atoms with E-state index in [2.05, 4.69) is 10.2 Å². The van der Waals surface area contributed by atoms with Gasteiger partial charge in [-0.05, 0) is 25.2 Å². The van der Waals surface area contributed by atoms with Gasteiger partial charge in [0.25, 0.3) is 0 Å². The average molecular weight is 249 g/mol. The van der Waals surface area contributed by atoms with E-state index in [4.69, 9.17) is 4.74 Å². The van der Waals surface area contributed by atoms with Gasteiger partial charge in [-0.1, -0.05) is 0 Å². The van der Waals surface area contributed by atoms with Crippen molar-refractivity contribution in [2.75, 3.05) is 33.4 Å². The number of rotatable bonds is 5. The summed E-state index contributed by atoms with van der Waals surface area (Å²) >= 11 is 0. The molecule has 2 atom stereocenters. The summed E-state index contributed by atoms with van der Waals surface area (Å²) < 4.78 is 4.91. The molecule has 2 fully saturated rings. The van der Waals surface area contributed by atoms with E-state index < -0.39 is 0 Å². The minimum absolute atomic E-state index is 0. The van der Waals surface area contributed by atoms with Crippen LogP contribution in [0.3, 0.4) is 0 Å². The van der Waals surface area contributed by atoms with Crippen molar-refractivity contribution in [3.63, 3.8) is 0 Å². The highest BCUT2D eigenvalue weighted by Gasteiger charge is 2.39. The fraction of sp³-hybridized carbons (Fsp3) is 0.909. The van der Waals surface area contributed by atoms with Crippen molar-refractivity contribution in [1.29, 1.82) is 0 Å². The third kappa shape index (κ3) is 3.09. The van der Waals surface area contributed by atoms with Gasteiger partial charge in [-0.15, -0.1) is 12.4 Å². The number of ether oxygens (including phenoxy) is 1. The molecule has 94 valence electrons. The number of nitrogens with zero attached hydrogens (tertiary/aromatic N) is 1. The fourth-order valence-corrected chi connectivity index (χ4v) is 2.70. The number of fused-ring (bicyclic) bond motifs is 2. The van der Waals surface area contributed by atoms with Gasteiger partial charge in [-0.2, -0.15) is 0 Å². The zero-order chi connectivity index (χ0) is 10.7. The standard InChI is InChI=1S/C11H20N2O2.ClH/c1-15-5-4-12-7-11(14)13-8-9-2-3-10(13)6-9;/h9-10,12H,2-8H2,1H3;1H. The van der Waals surface area contributed by atoms with Crippen LogP contribution in [0.4, 0.5) is 0 Å². The Morgan fingerprint density at radius 1 is 1.50 bits per heavy atom. The molecule has 0 spiro atoms. The maximum Gasteiger partial charge on any atom is 0.236 e. The second kappa shape index (κ2) is 6.42. The third-order valence-corrected chi connectivity index (χ3v) is 3.49. The second-order valence-corrected chi connectivity index (χ2v) is 4.55. The molecule has 1 saturated heterocycles. The first-order valence-electron chi connectivity index (χ1n) is 5.80. The molecule has 0 radical (unpaired) electrons. The number of halogens is 1. The first kappa shape index (κ1) is 13.7. The van der Waals surface area contributed by atoms with Crippen molar-refractivity contribution in [2.45, 2.75) is 25.3 Å². The van der Waals surface area contributed by atoms with Crippen molar-refractivity contribution < 1.29 is 9.53 Å². The summed E-state index contributed by atoms with van der Waals surface area (Å²) in [4.78, 5) is 13.9. The monoisotopic (exact) mass is 248 g/mol. The molecular formula is C11H21ClN2O2. The third-order valence-electron chi connectivity index (χ3n) is 3.49. The van der Waals surface area contributed by atoms with Crippen LogP contribution in [-0.2, 0) is 9.53 Å². The molecule has 0 aromatic heterocycles. The molecule has 4 nitrogen and oxygen atoms in total. The fourth-order valence-electron chi connectivity index (χ4n) is 2.70. The van der Waals surface area contributed by atoms with E-state index in [9.17, 15) is 4.79 Å². The summed E-state index contributed by atoms with van der Waals surface area (Å²) in [7, 11) is 1.67. The number of carbonyl (C=O) groups is 1. The summed E-state index contributed by atoms with van der Waals surface area (Å²) in [5, 5.41) is 3.11. The summed E-state index contributed by atoms with van der Waals surface area (Å²) in [6.07, 6.45) is 3.78. The molecule has 2 bridgehead atoms. The molecule has 2 rings (SSSR count). The van der Waals surface area contributed by atoms with Gasteiger partial charge in [-0.25, -0.2) is 0 Å². The predicted octanol–water partition coefficient (Wildman–Crippen LogP) is 0.655. The molecule has 2 unspecified atom stereocenters. The number of likely N-dealkylation sites (tertiary alicyclic amines) is 1. The van der Waals surface area contributed by atoms with E-state index in [0.29, 0.717) is 19.2 Å². The Hall–Kier alpha value is -0.320. The smallest absolute Gasteiger partial charge is 0.236 e. The van der Waals surface area contributed by atoms with Crippen LogP contribution in [0.1, 0.15) is 19.3 Å². The summed E-state index contributed by atoms with van der Waals surface area (Å²) in [6, 6.07) is 0.548. The molecule has 1 saturated carbocycles. The predicted molar refractivity (Wildman–Crippen MR) is 64.8 cm³/mol. The van der Waals surface area contributed by atoms with Crippen LogP contribution in [0.25, 0.3) is 0 Å². The molecule has 1 heterocycles. The molecule has 16 heavy (non-hydrogen) atoms. The van der Waals surface area contributed by atoms with Crippen molar-refractivity contribution in [3.8, 4) is 0 Å². The van der Waals surface area contributed by atoms with Crippen LogP contribution in [0.5, 0.6) is 0 Å². The zero-order valence-electron chi connectivity index (χ0n) is 9.78. The van der Waals surface area contributed by atoms with E-state index in [0.717, 1.165) is 19.0 Å². The van der Waals surface area contributed by atoms with Gasteiger partial charge in [0.05, 0.1) is 13.2 Å². The lowest BCUT2D eigenvalue weighted by Gasteiger charge is -2.27. The minimum Gasteiger partial charge on any atom is -0.383 e. The van der Waals surface area contributed by atoms with Crippen LogP contribution < -0.4 is 5.32 Å². The Bertz CT molecular complexity index is 238. The lowest BCUT2D eigenvalue weighted by molar-refractivity contribution is -0.131. The Labute approximate surface area is 103 Å². The van der Waals surface area contributed by atoms with Crippen molar-refractivity contribution >= 4 is 18.3 Å². The maximum atomic E-state index is 11.8. The largest absolute Gasteiger partial charge is 0.383 e. The average Bonchev–Trinajstić information content (AvgIpc) is 2.85. The Balaban J connectivity index is 0.00000128. The lowest BCUT2D eigenvalue weighted by Crippen LogP contribution is -2.43. The molecule has 1 aliphatic carbocycles. The minimum atomic E-state index is 0. The van der Waals surface area contributed by atoms with Crippen LogP contribution >= 0.6 is 12.4 Å². The number of carbonyl (C=O) groups excluding carboxylic acids is 1. The SMILES string of the molecule is COCCNCC(=O)N1CC2CCC1C2.Cl. The van der Waals surface area contributed by atoms with Crippen LogP contribution in [0.15, 0.2) is 0 Å². The van der Waals surface area contributed by atoms with Gasteiger partial charge >= 0.3 is 0 Å². The number of methoxy groups -OCH3 is 1. The number of hydrogen-bond acceptors (Lipinski definition) is 3. The van der Waals surface area contributed by atoms with E-state index in [1.807, 2.05) is 0 Å². The zero-order valence-corrected chi connectivity index (χ0v) is 10.6. The van der Waals surface area contributed by atoms with Crippen LogP contribution in [0.2, 0.25) is 0 Å². The normalized spacial score (nSPS) is 26.9. The number of nitrogens with one attached hydrogen (secondary N) is 1. The highest BCUT2D eigenvalue weighted by Crippen LogP contribution is 2.37. The lowest BCUT2D eigenvalue weighted by atomic mass is 10.1. The molecule has 1 N–H and O–H groups in total. The molecule has 1 amide bonds. The van der Waals surface area contributed by atoms with Gasteiger partial charge in [-0.3, -0.25) is 4.79 Å².